The minimum absolute atomic E-state index is 0.0101. The van der Waals surface area contributed by atoms with Gasteiger partial charge in [0.05, 0.1) is 20.3 Å². The SMILES string of the molecule is CCC(C)C(NC(=O)Nc1ccc(CN2CCOCC2)cc1)C(=O)OC. The molecule has 7 nitrogen and oxygen atoms in total. The van der Waals surface area contributed by atoms with E-state index in [1.807, 2.05) is 38.1 Å². The fourth-order valence-corrected chi connectivity index (χ4v) is 2.82. The summed E-state index contributed by atoms with van der Waals surface area (Å²) < 4.78 is 10.1. The van der Waals surface area contributed by atoms with Crippen LogP contribution in [0, 0.1) is 5.92 Å². The van der Waals surface area contributed by atoms with Crippen LogP contribution in [0.3, 0.4) is 0 Å². The number of amides is 2. The topological polar surface area (TPSA) is 79.9 Å². The summed E-state index contributed by atoms with van der Waals surface area (Å²) in [7, 11) is 1.32. The Morgan fingerprint density at radius 1 is 1.23 bits per heavy atom. The number of rotatable bonds is 7. The number of methoxy groups -OCH3 is 1. The summed E-state index contributed by atoms with van der Waals surface area (Å²) in [6, 6.07) is 6.65. The zero-order valence-corrected chi connectivity index (χ0v) is 15.8. The van der Waals surface area contributed by atoms with Gasteiger partial charge in [0.15, 0.2) is 0 Å². The molecule has 144 valence electrons. The summed E-state index contributed by atoms with van der Waals surface area (Å²) in [5, 5.41) is 5.47. The van der Waals surface area contributed by atoms with E-state index in [2.05, 4.69) is 15.5 Å². The number of esters is 1. The predicted molar refractivity (Wildman–Crippen MR) is 100.0 cm³/mol. The smallest absolute Gasteiger partial charge is 0.328 e. The van der Waals surface area contributed by atoms with E-state index in [-0.39, 0.29) is 5.92 Å². The Balaban J connectivity index is 1.88. The molecule has 1 aliphatic heterocycles. The summed E-state index contributed by atoms with van der Waals surface area (Å²) in [6.45, 7) is 8.17. The lowest BCUT2D eigenvalue weighted by molar-refractivity contribution is -0.144. The van der Waals surface area contributed by atoms with Crippen molar-refractivity contribution in [3.8, 4) is 0 Å². The maximum atomic E-state index is 12.2. The molecule has 1 aromatic carbocycles. The second kappa shape index (κ2) is 10.1. The van der Waals surface area contributed by atoms with Crippen LogP contribution in [-0.4, -0.2) is 56.4 Å². The van der Waals surface area contributed by atoms with Gasteiger partial charge in [-0.2, -0.15) is 0 Å². The molecule has 7 heteroatoms. The maximum absolute atomic E-state index is 12.2. The van der Waals surface area contributed by atoms with E-state index >= 15 is 0 Å². The summed E-state index contributed by atoms with van der Waals surface area (Å²) >= 11 is 0. The second-order valence-corrected chi connectivity index (χ2v) is 6.57. The molecular formula is C19H29N3O4. The largest absolute Gasteiger partial charge is 0.467 e. The molecule has 2 rings (SSSR count). The lowest BCUT2D eigenvalue weighted by Gasteiger charge is -2.26. The van der Waals surface area contributed by atoms with Crippen LogP contribution in [-0.2, 0) is 20.8 Å². The van der Waals surface area contributed by atoms with Gasteiger partial charge in [0.2, 0.25) is 0 Å². The molecule has 2 N–H and O–H groups in total. The predicted octanol–water partition coefficient (Wildman–Crippen LogP) is 2.23. The average Bonchev–Trinajstić information content (AvgIpc) is 2.67. The number of ether oxygens (including phenoxy) is 2. The number of nitrogens with one attached hydrogen (secondary N) is 2. The third-order valence-electron chi connectivity index (χ3n) is 4.68. The van der Waals surface area contributed by atoms with Gasteiger partial charge in [-0.25, -0.2) is 9.59 Å². The van der Waals surface area contributed by atoms with Crippen LogP contribution in [0.5, 0.6) is 0 Å². The number of benzene rings is 1. The first-order valence-electron chi connectivity index (χ1n) is 9.07. The number of morpholine rings is 1. The highest BCUT2D eigenvalue weighted by Crippen LogP contribution is 2.13. The molecule has 0 radical (unpaired) electrons. The quantitative estimate of drug-likeness (QED) is 0.726. The van der Waals surface area contributed by atoms with Crippen molar-refractivity contribution in [2.45, 2.75) is 32.9 Å². The van der Waals surface area contributed by atoms with Crippen molar-refractivity contribution in [3.05, 3.63) is 29.8 Å². The van der Waals surface area contributed by atoms with Crippen LogP contribution >= 0.6 is 0 Å². The maximum Gasteiger partial charge on any atom is 0.328 e. The van der Waals surface area contributed by atoms with E-state index in [0.29, 0.717) is 5.69 Å². The van der Waals surface area contributed by atoms with E-state index < -0.39 is 18.0 Å². The van der Waals surface area contributed by atoms with E-state index in [1.54, 1.807) is 0 Å². The lowest BCUT2D eigenvalue weighted by atomic mass is 9.99. The van der Waals surface area contributed by atoms with Crippen molar-refractivity contribution in [3.63, 3.8) is 0 Å². The number of urea groups is 1. The molecule has 0 saturated carbocycles. The first kappa shape index (κ1) is 20.2. The van der Waals surface area contributed by atoms with Crippen LogP contribution in [0.1, 0.15) is 25.8 Å². The molecule has 2 unspecified atom stereocenters. The molecule has 1 heterocycles. The van der Waals surface area contributed by atoms with Gasteiger partial charge in [0.25, 0.3) is 0 Å². The van der Waals surface area contributed by atoms with Crippen LogP contribution in [0.2, 0.25) is 0 Å². The molecule has 0 spiro atoms. The number of carbonyl (C=O) groups is 2. The minimum atomic E-state index is -0.661. The zero-order chi connectivity index (χ0) is 18.9. The fraction of sp³-hybridized carbons (Fsp3) is 0.579. The van der Waals surface area contributed by atoms with Gasteiger partial charge in [-0.15, -0.1) is 0 Å². The molecule has 1 fully saturated rings. The van der Waals surface area contributed by atoms with Crippen LogP contribution in [0.15, 0.2) is 24.3 Å². The van der Waals surface area contributed by atoms with Gasteiger partial charge in [-0.3, -0.25) is 4.90 Å². The molecule has 26 heavy (non-hydrogen) atoms. The summed E-state index contributed by atoms with van der Waals surface area (Å²) in [5.74, 6) is -0.445. The van der Waals surface area contributed by atoms with Crippen molar-refractivity contribution in [2.24, 2.45) is 5.92 Å². The van der Waals surface area contributed by atoms with Crippen molar-refractivity contribution in [2.75, 3.05) is 38.7 Å². The van der Waals surface area contributed by atoms with Gasteiger partial charge in [0.1, 0.15) is 6.04 Å². The Bertz CT molecular complexity index is 585. The van der Waals surface area contributed by atoms with Gasteiger partial charge in [0, 0.05) is 25.3 Å². The monoisotopic (exact) mass is 363 g/mol. The van der Waals surface area contributed by atoms with Crippen molar-refractivity contribution in [1.29, 1.82) is 0 Å². The summed E-state index contributed by atoms with van der Waals surface area (Å²) in [5.41, 5.74) is 1.87. The fourth-order valence-electron chi connectivity index (χ4n) is 2.82. The van der Waals surface area contributed by atoms with E-state index in [1.165, 1.54) is 12.7 Å². The summed E-state index contributed by atoms with van der Waals surface area (Å²) in [4.78, 5) is 26.4. The van der Waals surface area contributed by atoms with Crippen LogP contribution < -0.4 is 10.6 Å². The molecule has 2 amide bonds. The second-order valence-electron chi connectivity index (χ2n) is 6.57. The van der Waals surface area contributed by atoms with Gasteiger partial charge in [-0.1, -0.05) is 32.4 Å². The number of hydrogen-bond donors (Lipinski definition) is 2. The van der Waals surface area contributed by atoms with Crippen molar-refractivity contribution >= 4 is 17.7 Å². The number of carbonyl (C=O) groups excluding carboxylic acids is 2. The highest BCUT2D eigenvalue weighted by molar-refractivity contribution is 5.92. The van der Waals surface area contributed by atoms with Gasteiger partial charge in [-0.05, 0) is 23.6 Å². The van der Waals surface area contributed by atoms with E-state index in [9.17, 15) is 9.59 Å². The van der Waals surface area contributed by atoms with E-state index in [4.69, 9.17) is 9.47 Å². The molecule has 1 saturated heterocycles. The molecule has 1 aromatic rings. The molecule has 2 atom stereocenters. The molecule has 0 bridgehead atoms. The Labute approximate surface area is 155 Å². The Kier molecular flexibility index (Phi) is 7.87. The van der Waals surface area contributed by atoms with Crippen LogP contribution in [0.4, 0.5) is 10.5 Å². The minimum Gasteiger partial charge on any atom is -0.467 e. The van der Waals surface area contributed by atoms with Crippen molar-refractivity contribution < 1.29 is 19.1 Å². The standard InChI is InChI=1S/C19H29N3O4/c1-4-14(2)17(18(23)25-3)21-19(24)20-16-7-5-15(6-8-16)13-22-9-11-26-12-10-22/h5-8,14,17H,4,9-13H2,1-3H3,(H2,20,21,24). The van der Waals surface area contributed by atoms with Gasteiger partial charge >= 0.3 is 12.0 Å². The first-order chi connectivity index (χ1) is 12.5. The Hall–Kier alpha value is -2.12. The lowest BCUT2D eigenvalue weighted by Crippen LogP contribution is -2.47. The highest BCUT2D eigenvalue weighted by Gasteiger charge is 2.26. The third kappa shape index (κ3) is 6.00. The van der Waals surface area contributed by atoms with Crippen LogP contribution in [0.25, 0.3) is 0 Å². The molecule has 0 aliphatic carbocycles. The average molecular weight is 363 g/mol. The zero-order valence-electron chi connectivity index (χ0n) is 15.8. The number of hydrogen-bond acceptors (Lipinski definition) is 5. The van der Waals surface area contributed by atoms with Gasteiger partial charge < -0.3 is 20.1 Å². The Morgan fingerprint density at radius 2 is 1.88 bits per heavy atom. The van der Waals surface area contributed by atoms with E-state index in [0.717, 1.165) is 39.3 Å². The Morgan fingerprint density at radius 3 is 2.46 bits per heavy atom. The normalized spacial score (nSPS) is 17.2. The first-order valence-corrected chi connectivity index (χ1v) is 9.07. The molecule has 1 aliphatic rings. The number of nitrogens with zero attached hydrogens (tertiary/aromatic N) is 1. The third-order valence-corrected chi connectivity index (χ3v) is 4.68. The highest BCUT2D eigenvalue weighted by atomic mass is 16.5. The number of anilines is 1. The van der Waals surface area contributed by atoms with Crippen molar-refractivity contribution in [1.82, 2.24) is 10.2 Å². The summed E-state index contributed by atoms with van der Waals surface area (Å²) in [6.07, 6.45) is 0.760. The molecular weight excluding hydrogens is 334 g/mol. The molecule has 0 aromatic heterocycles.